The van der Waals surface area contributed by atoms with Crippen LogP contribution in [-0.4, -0.2) is 49.4 Å². The number of carbonyl (C=O) groups is 2. The predicted octanol–water partition coefficient (Wildman–Crippen LogP) is 4.51. The fourth-order valence-electron chi connectivity index (χ4n) is 4.31. The van der Waals surface area contributed by atoms with Crippen molar-refractivity contribution in [3.63, 3.8) is 0 Å². The number of nitrogens with one attached hydrogen (secondary N) is 3. The smallest absolute Gasteiger partial charge is 0.325 e. The van der Waals surface area contributed by atoms with Crippen molar-refractivity contribution in [3.8, 4) is 11.4 Å². The molecule has 2 aliphatic rings. The van der Waals surface area contributed by atoms with E-state index in [0.717, 1.165) is 25.0 Å². The molecule has 3 aromatic heterocycles. The van der Waals surface area contributed by atoms with Crippen molar-refractivity contribution in [1.29, 1.82) is 0 Å². The standard InChI is InChI=1S/C24H20ClF3N8O2S/c25-15-4-3-12(7-14(15)24(26,27)28)30-21(38)18-8-13(9-29-18)36-10-19(34-35-36)16-5-6-17-22(31-16)39-23(32-17)33-20(37)11-1-2-11/h3-7,10-11,13,18,29H,1-2,8-9H2,(H,30,38)(H,32,33,37)/t13-,18-/m0/s1. The highest BCUT2D eigenvalue weighted by atomic mass is 35.5. The first-order chi connectivity index (χ1) is 18.6. The zero-order chi connectivity index (χ0) is 27.3. The normalized spacial score (nSPS) is 19.4. The highest BCUT2D eigenvalue weighted by Crippen LogP contribution is 2.36. The summed E-state index contributed by atoms with van der Waals surface area (Å²) in [7, 11) is 0. The number of halogens is 4. The number of amides is 2. The van der Waals surface area contributed by atoms with Crippen LogP contribution in [0.1, 0.15) is 30.9 Å². The van der Waals surface area contributed by atoms with E-state index in [0.29, 0.717) is 39.8 Å². The summed E-state index contributed by atoms with van der Waals surface area (Å²) in [5.41, 5.74) is 0.770. The summed E-state index contributed by atoms with van der Waals surface area (Å²) in [6, 6.07) is 5.98. The van der Waals surface area contributed by atoms with Crippen LogP contribution in [0, 0.1) is 5.92 Å². The Morgan fingerprint density at radius 1 is 1.08 bits per heavy atom. The van der Waals surface area contributed by atoms with Crippen molar-refractivity contribution in [3.05, 3.63) is 47.1 Å². The van der Waals surface area contributed by atoms with Crippen LogP contribution in [0.15, 0.2) is 36.5 Å². The first kappa shape index (κ1) is 25.6. The van der Waals surface area contributed by atoms with E-state index >= 15 is 0 Å². The van der Waals surface area contributed by atoms with Crippen molar-refractivity contribution in [1.82, 2.24) is 30.3 Å². The van der Waals surface area contributed by atoms with Crippen LogP contribution in [0.2, 0.25) is 5.02 Å². The maximum absolute atomic E-state index is 13.1. The van der Waals surface area contributed by atoms with E-state index in [9.17, 15) is 22.8 Å². The largest absolute Gasteiger partial charge is 0.417 e. The SMILES string of the molecule is O=C(Nc1nc2ccc(-c3cn([C@@H]4CN[C@H](C(=O)Nc5ccc(Cl)c(C(F)(F)F)c5)C4)nn3)nc2s1)C1CC1. The lowest BCUT2D eigenvalue weighted by molar-refractivity contribution is -0.137. The lowest BCUT2D eigenvalue weighted by atomic mass is 10.1. The minimum Gasteiger partial charge on any atom is -0.325 e. The maximum atomic E-state index is 13.1. The molecule has 4 aromatic rings. The summed E-state index contributed by atoms with van der Waals surface area (Å²) in [5.74, 6) is -0.408. The monoisotopic (exact) mass is 576 g/mol. The van der Waals surface area contributed by atoms with E-state index in [4.69, 9.17) is 11.6 Å². The average molecular weight is 577 g/mol. The van der Waals surface area contributed by atoms with Crippen LogP contribution in [0.3, 0.4) is 0 Å². The van der Waals surface area contributed by atoms with Gasteiger partial charge in [0.2, 0.25) is 11.8 Å². The molecule has 1 aliphatic heterocycles. The van der Waals surface area contributed by atoms with Crippen molar-refractivity contribution in [2.45, 2.75) is 37.5 Å². The van der Waals surface area contributed by atoms with E-state index in [1.165, 1.54) is 17.4 Å². The van der Waals surface area contributed by atoms with Crippen molar-refractivity contribution in [2.75, 3.05) is 17.2 Å². The molecule has 1 aliphatic carbocycles. The Kier molecular flexibility index (Phi) is 6.47. The topological polar surface area (TPSA) is 127 Å². The molecule has 2 amide bonds. The molecule has 202 valence electrons. The number of anilines is 2. The second-order valence-electron chi connectivity index (χ2n) is 9.42. The van der Waals surface area contributed by atoms with Gasteiger partial charge in [0.15, 0.2) is 5.13 Å². The molecule has 10 nitrogen and oxygen atoms in total. The molecular formula is C24H20ClF3N8O2S. The van der Waals surface area contributed by atoms with Gasteiger partial charge in [-0.3, -0.25) is 9.59 Å². The van der Waals surface area contributed by atoms with Gasteiger partial charge in [-0.2, -0.15) is 13.2 Å². The van der Waals surface area contributed by atoms with Crippen LogP contribution in [0.25, 0.3) is 21.7 Å². The molecule has 2 atom stereocenters. The number of thiazole rings is 1. The van der Waals surface area contributed by atoms with Gasteiger partial charge in [0.1, 0.15) is 16.0 Å². The molecule has 0 spiro atoms. The van der Waals surface area contributed by atoms with Gasteiger partial charge in [0, 0.05) is 18.2 Å². The number of rotatable bonds is 6. The summed E-state index contributed by atoms with van der Waals surface area (Å²) >= 11 is 6.94. The number of hydrogen-bond donors (Lipinski definition) is 3. The summed E-state index contributed by atoms with van der Waals surface area (Å²) < 4.78 is 41.0. The molecule has 0 radical (unpaired) electrons. The predicted molar refractivity (Wildman–Crippen MR) is 138 cm³/mol. The second kappa shape index (κ2) is 9.84. The quantitative estimate of drug-likeness (QED) is 0.308. The van der Waals surface area contributed by atoms with Gasteiger partial charge in [-0.25, -0.2) is 14.6 Å². The van der Waals surface area contributed by atoms with Gasteiger partial charge in [0.25, 0.3) is 0 Å². The van der Waals surface area contributed by atoms with E-state index in [1.54, 1.807) is 23.0 Å². The number of aromatic nitrogens is 5. The lowest BCUT2D eigenvalue weighted by Crippen LogP contribution is -2.35. The number of pyridine rings is 1. The molecule has 2 fully saturated rings. The third kappa shape index (κ3) is 5.44. The number of fused-ring (bicyclic) bond motifs is 1. The summed E-state index contributed by atoms with van der Waals surface area (Å²) in [6.45, 7) is 0.417. The Hall–Kier alpha value is -3.62. The van der Waals surface area contributed by atoms with Gasteiger partial charge in [-0.1, -0.05) is 28.2 Å². The lowest BCUT2D eigenvalue weighted by Gasteiger charge is -2.14. The van der Waals surface area contributed by atoms with Crippen LogP contribution in [-0.2, 0) is 15.8 Å². The average Bonchev–Trinajstić information content (AvgIpc) is 3.26. The van der Waals surface area contributed by atoms with E-state index < -0.39 is 28.7 Å². The van der Waals surface area contributed by atoms with Crippen molar-refractivity contribution in [2.24, 2.45) is 5.92 Å². The Morgan fingerprint density at radius 2 is 1.90 bits per heavy atom. The number of alkyl halides is 3. The van der Waals surface area contributed by atoms with Crippen LogP contribution < -0.4 is 16.0 Å². The van der Waals surface area contributed by atoms with Crippen molar-refractivity contribution < 1.29 is 22.8 Å². The minimum atomic E-state index is -4.63. The first-order valence-electron chi connectivity index (χ1n) is 12.1. The maximum Gasteiger partial charge on any atom is 0.417 e. The molecular weight excluding hydrogens is 557 g/mol. The Balaban J connectivity index is 1.11. The summed E-state index contributed by atoms with van der Waals surface area (Å²) in [6.07, 6.45) is -0.733. The highest BCUT2D eigenvalue weighted by Gasteiger charge is 2.35. The number of nitrogens with zero attached hydrogens (tertiary/aromatic N) is 5. The molecule has 0 unspecified atom stereocenters. The van der Waals surface area contributed by atoms with Gasteiger partial charge >= 0.3 is 6.18 Å². The van der Waals surface area contributed by atoms with Crippen LogP contribution in [0.4, 0.5) is 24.0 Å². The first-order valence-corrected chi connectivity index (χ1v) is 13.2. The Morgan fingerprint density at radius 3 is 2.67 bits per heavy atom. The highest BCUT2D eigenvalue weighted by molar-refractivity contribution is 7.22. The van der Waals surface area contributed by atoms with Gasteiger partial charge < -0.3 is 16.0 Å². The zero-order valence-corrected chi connectivity index (χ0v) is 21.6. The summed E-state index contributed by atoms with van der Waals surface area (Å²) in [5, 5.41) is 16.9. The Bertz CT molecular complexity index is 1590. The fourth-order valence-corrected chi connectivity index (χ4v) is 5.37. The van der Waals surface area contributed by atoms with Gasteiger partial charge in [-0.05, 0) is 49.6 Å². The number of benzene rings is 1. The van der Waals surface area contributed by atoms with Crippen LogP contribution >= 0.6 is 22.9 Å². The van der Waals surface area contributed by atoms with E-state index in [2.05, 4.69) is 36.2 Å². The van der Waals surface area contributed by atoms with E-state index in [-0.39, 0.29) is 23.6 Å². The molecule has 1 saturated heterocycles. The molecule has 3 N–H and O–H groups in total. The molecule has 1 saturated carbocycles. The fraction of sp³-hybridized carbons (Fsp3) is 0.333. The molecule has 4 heterocycles. The molecule has 39 heavy (non-hydrogen) atoms. The number of hydrogen-bond acceptors (Lipinski definition) is 8. The van der Waals surface area contributed by atoms with Crippen molar-refractivity contribution >= 4 is 55.9 Å². The number of carbonyl (C=O) groups excluding carboxylic acids is 2. The third-order valence-electron chi connectivity index (χ3n) is 6.54. The van der Waals surface area contributed by atoms with Gasteiger partial charge in [0.05, 0.1) is 34.6 Å². The molecule has 1 aromatic carbocycles. The molecule has 0 bridgehead atoms. The zero-order valence-electron chi connectivity index (χ0n) is 20.0. The minimum absolute atomic E-state index is 0.00446. The molecule has 6 rings (SSSR count). The third-order valence-corrected chi connectivity index (χ3v) is 7.75. The summed E-state index contributed by atoms with van der Waals surface area (Å²) in [4.78, 5) is 34.4. The Labute approximate surface area is 228 Å². The van der Waals surface area contributed by atoms with Crippen LogP contribution in [0.5, 0.6) is 0 Å². The van der Waals surface area contributed by atoms with Gasteiger partial charge in [-0.15, -0.1) is 5.10 Å². The molecule has 15 heteroatoms. The van der Waals surface area contributed by atoms with E-state index in [1.807, 2.05) is 0 Å². The second-order valence-corrected chi connectivity index (χ2v) is 10.8.